The third-order valence-corrected chi connectivity index (χ3v) is 5.55. The Morgan fingerprint density at radius 1 is 1.08 bits per heavy atom. The van der Waals surface area contributed by atoms with Gasteiger partial charge in [0.15, 0.2) is 9.84 Å². The monoisotopic (exact) mass is 382 g/mol. The van der Waals surface area contributed by atoms with E-state index in [2.05, 4.69) is 21.3 Å². The van der Waals surface area contributed by atoms with Crippen molar-refractivity contribution in [1.82, 2.24) is 10.6 Å². The molecule has 1 unspecified atom stereocenters. The van der Waals surface area contributed by atoms with Crippen LogP contribution in [0.2, 0.25) is 0 Å². The van der Waals surface area contributed by atoms with E-state index in [4.69, 9.17) is 0 Å². The number of hydrogen-bond donors (Lipinski definition) is 4. The molecule has 2 atom stereocenters. The summed E-state index contributed by atoms with van der Waals surface area (Å²) in [4.78, 5) is 35.0. The summed E-state index contributed by atoms with van der Waals surface area (Å²) < 4.78 is 22.8. The molecule has 0 aliphatic carbocycles. The summed E-state index contributed by atoms with van der Waals surface area (Å²) in [6.45, 7) is 2.92. The second-order valence-electron chi connectivity index (χ2n) is 6.19. The van der Waals surface area contributed by atoms with Crippen LogP contribution in [0.1, 0.15) is 20.3 Å². The number of carbonyl (C=O) groups is 3. The first-order valence-electron chi connectivity index (χ1n) is 8.10. The quantitative estimate of drug-likeness (QED) is 0.587. The lowest BCUT2D eigenvalue weighted by molar-refractivity contribution is -0.117. The maximum absolute atomic E-state index is 12.1. The van der Waals surface area contributed by atoms with Crippen molar-refractivity contribution in [2.24, 2.45) is 0 Å². The number of carbonyl (C=O) groups excluding carboxylic acids is 3. The Bertz CT molecular complexity index is 791. The summed E-state index contributed by atoms with van der Waals surface area (Å²) >= 11 is 0. The molecule has 1 aliphatic heterocycles. The molecule has 1 aromatic carbocycles. The highest BCUT2D eigenvalue weighted by atomic mass is 32.2. The van der Waals surface area contributed by atoms with Crippen LogP contribution in [0.5, 0.6) is 0 Å². The zero-order chi connectivity index (χ0) is 19.3. The molecule has 1 aromatic rings. The first-order valence-corrected chi connectivity index (χ1v) is 9.93. The minimum absolute atomic E-state index is 0.0580. The van der Waals surface area contributed by atoms with Gasteiger partial charge in [0.25, 0.3) is 0 Å². The van der Waals surface area contributed by atoms with E-state index in [1.165, 1.54) is 13.8 Å². The fraction of sp³-hybridized carbons (Fsp3) is 0.438. The average molecular weight is 382 g/mol. The Kier molecular flexibility index (Phi) is 6.19. The number of hydrogen-bond acceptors (Lipinski definition) is 5. The molecule has 0 bridgehead atoms. The minimum atomic E-state index is -3.09. The second kappa shape index (κ2) is 8.17. The van der Waals surface area contributed by atoms with E-state index in [1.54, 1.807) is 24.3 Å². The largest absolute Gasteiger partial charge is 0.334 e. The molecule has 0 spiro atoms. The van der Waals surface area contributed by atoms with E-state index in [-0.39, 0.29) is 17.4 Å². The molecule has 2 rings (SSSR count). The molecule has 1 aliphatic rings. The number of anilines is 2. The fourth-order valence-corrected chi connectivity index (χ4v) is 4.16. The molecule has 1 heterocycles. The first-order chi connectivity index (χ1) is 12.1. The van der Waals surface area contributed by atoms with Gasteiger partial charge in [-0.3, -0.25) is 9.59 Å². The molecular weight excluding hydrogens is 360 g/mol. The molecule has 4 amide bonds. The zero-order valence-electron chi connectivity index (χ0n) is 14.5. The van der Waals surface area contributed by atoms with Gasteiger partial charge in [0.1, 0.15) is 6.04 Å². The molecule has 4 N–H and O–H groups in total. The molecule has 10 heteroatoms. The molecule has 0 saturated carbocycles. The number of rotatable bonds is 5. The highest BCUT2D eigenvalue weighted by molar-refractivity contribution is 7.91. The standard InChI is InChI=1S/C16H22N4O5S/c1-10(17-16(23)20-14-7-8-26(24,25)9-14)15(22)19-13-5-3-12(4-6-13)18-11(2)21/h3-6,10,14H,7-9H2,1-2H3,(H,18,21)(H,19,22)(H2,17,20,23)/t10-,14?/m1/s1. The number of urea groups is 1. The summed E-state index contributed by atoms with van der Waals surface area (Å²) in [6, 6.07) is 4.69. The van der Waals surface area contributed by atoms with Gasteiger partial charge in [-0.25, -0.2) is 13.2 Å². The number of sulfone groups is 1. The summed E-state index contributed by atoms with van der Waals surface area (Å²) in [5.74, 6) is -0.642. The minimum Gasteiger partial charge on any atom is -0.334 e. The van der Waals surface area contributed by atoms with Gasteiger partial charge in [-0.1, -0.05) is 0 Å². The predicted octanol–water partition coefficient (Wildman–Crippen LogP) is 0.458. The van der Waals surface area contributed by atoms with Gasteiger partial charge in [0, 0.05) is 24.3 Å². The topological polar surface area (TPSA) is 133 Å². The fourth-order valence-electron chi connectivity index (χ4n) is 2.49. The molecule has 0 aromatic heterocycles. The normalized spacial score (nSPS) is 19.2. The van der Waals surface area contributed by atoms with Crippen LogP contribution < -0.4 is 21.3 Å². The highest BCUT2D eigenvalue weighted by Crippen LogP contribution is 2.14. The van der Waals surface area contributed by atoms with Crippen LogP contribution in [-0.4, -0.2) is 49.9 Å². The maximum atomic E-state index is 12.1. The van der Waals surface area contributed by atoms with Gasteiger partial charge in [-0.2, -0.15) is 0 Å². The molecule has 26 heavy (non-hydrogen) atoms. The molecule has 142 valence electrons. The van der Waals surface area contributed by atoms with Gasteiger partial charge in [0.05, 0.1) is 11.5 Å². The summed E-state index contributed by atoms with van der Waals surface area (Å²) in [5, 5.41) is 10.3. The lowest BCUT2D eigenvalue weighted by Crippen LogP contribution is -2.49. The van der Waals surface area contributed by atoms with Gasteiger partial charge in [0.2, 0.25) is 11.8 Å². The first kappa shape index (κ1) is 19.7. The Morgan fingerprint density at radius 2 is 1.65 bits per heavy atom. The molecular formula is C16H22N4O5S. The van der Waals surface area contributed by atoms with Crippen molar-refractivity contribution in [3.63, 3.8) is 0 Å². The van der Waals surface area contributed by atoms with E-state index in [1.807, 2.05) is 0 Å². The van der Waals surface area contributed by atoms with Crippen LogP contribution in [0, 0.1) is 0 Å². The SMILES string of the molecule is CC(=O)Nc1ccc(NC(=O)[C@@H](C)NC(=O)NC2CCS(=O)(=O)C2)cc1. The van der Waals surface area contributed by atoms with Crippen molar-refractivity contribution >= 4 is 39.1 Å². The third kappa shape index (κ3) is 6.03. The number of benzene rings is 1. The summed E-state index contributed by atoms with van der Waals surface area (Å²) in [7, 11) is -3.09. The van der Waals surface area contributed by atoms with Crippen molar-refractivity contribution < 1.29 is 22.8 Å². The van der Waals surface area contributed by atoms with E-state index in [9.17, 15) is 22.8 Å². The Hall–Kier alpha value is -2.62. The lowest BCUT2D eigenvalue weighted by atomic mass is 10.2. The summed E-state index contributed by atoms with van der Waals surface area (Å²) in [6.07, 6.45) is 0.372. The molecule has 0 radical (unpaired) electrons. The van der Waals surface area contributed by atoms with E-state index >= 15 is 0 Å². The smallest absolute Gasteiger partial charge is 0.315 e. The van der Waals surface area contributed by atoms with Crippen molar-refractivity contribution in [2.75, 3.05) is 22.1 Å². The van der Waals surface area contributed by atoms with Crippen LogP contribution in [0.25, 0.3) is 0 Å². The van der Waals surface area contributed by atoms with E-state index < -0.39 is 33.9 Å². The Labute approximate surface area is 151 Å². The zero-order valence-corrected chi connectivity index (χ0v) is 15.4. The van der Waals surface area contributed by atoms with Crippen LogP contribution in [0.15, 0.2) is 24.3 Å². The maximum Gasteiger partial charge on any atom is 0.315 e. The van der Waals surface area contributed by atoms with E-state index in [0.29, 0.717) is 17.8 Å². The number of nitrogens with one attached hydrogen (secondary N) is 4. The van der Waals surface area contributed by atoms with Gasteiger partial charge in [-0.15, -0.1) is 0 Å². The van der Waals surface area contributed by atoms with Crippen LogP contribution in [0.3, 0.4) is 0 Å². The van der Waals surface area contributed by atoms with Crippen molar-refractivity contribution in [3.05, 3.63) is 24.3 Å². The van der Waals surface area contributed by atoms with Crippen LogP contribution in [0.4, 0.5) is 16.2 Å². The molecule has 1 fully saturated rings. The third-order valence-electron chi connectivity index (χ3n) is 3.78. The number of amides is 4. The molecule has 9 nitrogen and oxygen atoms in total. The lowest BCUT2D eigenvalue weighted by Gasteiger charge is -2.17. The van der Waals surface area contributed by atoms with Crippen molar-refractivity contribution in [3.8, 4) is 0 Å². The van der Waals surface area contributed by atoms with Crippen LogP contribution >= 0.6 is 0 Å². The van der Waals surface area contributed by atoms with Crippen LogP contribution in [-0.2, 0) is 19.4 Å². The Morgan fingerprint density at radius 3 is 2.15 bits per heavy atom. The predicted molar refractivity (Wildman–Crippen MR) is 97.6 cm³/mol. The van der Waals surface area contributed by atoms with Gasteiger partial charge < -0.3 is 21.3 Å². The second-order valence-corrected chi connectivity index (χ2v) is 8.42. The summed E-state index contributed by atoms with van der Waals surface area (Å²) in [5.41, 5.74) is 1.12. The molecule has 1 saturated heterocycles. The van der Waals surface area contributed by atoms with Crippen molar-refractivity contribution in [2.45, 2.75) is 32.4 Å². The van der Waals surface area contributed by atoms with Gasteiger partial charge in [-0.05, 0) is 37.6 Å². The highest BCUT2D eigenvalue weighted by Gasteiger charge is 2.29. The van der Waals surface area contributed by atoms with Crippen molar-refractivity contribution in [1.29, 1.82) is 0 Å². The van der Waals surface area contributed by atoms with E-state index in [0.717, 1.165) is 0 Å². The van der Waals surface area contributed by atoms with Gasteiger partial charge >= 0.3 is 6.03 Å². The average Bonchev–Trinajstić information content (AvgIpc) is 2.87. The Balaban J connectivity index is 1.81.